The molecule has 2 aliphatic heterocycles. The van der Waals surface area contributed by atoms with Crippen LogP contribution in [0.4, 0.5) is 0 Å². The molecule has 0 saturated carbocycles. The van der Waals surface area contributed by atoms with E-state index < -0.39 is 0 Å². The number of hydrogen-bond acceptors (Lipinski definition) is 5. The molecule has 0 aliphatic carbocycles. The van der Waals surface area contributed by atoms with E-state index in [2.05, 4.69) is 9.97 Å². The summed E-state index contributed by atoms with van der Waals surface area (Å²) in [5.74, 6) is 1.37. The molecule has 2 fully saturated rings. The second-order valence-corrected chi connectivity index (χ2v) is 8.51. The van der Waals surface area contributed by atoms with Gasteiger partial charge in [-0.15, -0.1) is 0 Å². The molecule has 1 aromatic heterocycles. The van der Waals surface area contributed by atoms with Gasteiger partial charge in [0.25, 0.3) is 0 Å². The lowest BCUT2D eigenvalue weighted by Crippen LogP contribution is -2.52. The van der Waals surface area contributed by atoms with Gasteiger partial charge in [-0.25, -0.2) is 0 Å². The Balaban J connectivity index is 1.58. The second-order valence-electron chi connectivity index (χ2n) is 7.52. The number of carbonyl (C=O) groups excluding carboxylic acids is 2. The number of amides is 2. The zero-order valence-electron chi connectivity index (χ0n) is 15.7. The third-order valence-corrected chi connectivity index (χ3v) is 6.24. The summed E-state index contributed by atoms with van der Waals surface area (Å²) in [5.41, 5.74) is 1.88. The number of nitrogens with zero attached hydrogens (tertiary/aromatic N) is 4. The third kappa shape index (κ3) is 4.55. The predicted molar refractivity (Wildman–Crippen MR) is 103 cm³/mol. The van der Waals surface area contributed by atoms with Gasteiger partial charge < -0.3 is 9.80 Å². The SMILES string of the molecule is CSCCC(=O)N1CCC2(CCC(=O)N(Cc3cnc(C)cn3)C2)CC1. The molecule has 0 bridgehead atoms. The van der Waals surface area contributed by atoms with E-state index in [1.54, 1.807) is 24.2 Å². The smallest absolute Gasteiger partial charge is 0.223 e. The van der Waals surface area contributed by atoms with Crippen LogP contribution >= 0.6 is 11.8 Å². The lowest BCUT2D eigenvalue weighted by atomic mass is 9.72. The van der Waals surface area contributed by atoms with Crippen LogP contribution in [0.1, 0.15) is 43.5 Å². The first-order chi connectivity index (χ1) is 12.5. The fraction of sp³-hybridized carbons (Fsp3) is 0.684. The van der Waals surface area contributed by atoms with Gasteiger partial charge in [-0.2, -0.15) is 11.8 Å². The summed E-state index contributed by atoms with van der Waals surface area (Å²) >= 11 is 1.72. The molecule has 142 valence electrons. The lowest BCUT2D eigenvalue weighted by Gasteiger charge is -2.47. The van der Waals surface area contributed by atoms with E-state index in [-0.39, 0.29) is 17.2 Å². The standard InChI is InChI=1S/C19H28N4O2S/c1-15-11-21-16(12-20-15)13-23-14-19(5-3-17(23)24)6-8-22(9-7-19)18(25)4-10-26-2/h11-12H,3-10,13-14H2,1-2H3. The Bertz CT molecular complexity index is 641. The first-order valence-corrected chi connectivity index (χ1v) is 10.7. The maximum atomic E-state index is 12.4. The molecule has 0 atom stereocenters. The van der Waals surface area contributed by atoms with Crippen LogP contribution in [0.5, 0.6) is 0 Å². The highest BCUT2D eigenvalue weighted by Gasteiger charge is 2.41. The molecule has 26 heavy (non-hydrogen) atoms. The number of hydrogen-bond donors (Lipinski definition) is 0. The van der Waals surface area contributed by atoms with Crippen molar-refractivity contribution < 1.29 is 9.59 Å². The maximum Gasteiger partial charge on any atom is 0.223 e. The van der Waals surface area contributed by atoms with Crippen LogP contribution in [0.2, 0.25) is 0 Å². The third-order valence-electron chi connectivity index (χ3n) is 5.63. The molecule has 2 amide bonds. The lowest BCUT2D eigenvalue weighted by molar-refractivity contribution is -0.143. The average Bonchev–Trinajstić information content (AvgIpc) is 2.65. The number of aryl methyl sites for hydroxylation is 1. The molecule has 7 heteroatoms. The first-order valence-electron chi connectivity index (χ1n) is 9.33. The normalized spacial score (nSPS) is 19.8. The van der Waals surface area contributed by atoms with Gasteiger partial charge in [0.15, 0.2) is 0 Å². The number of rotatable bonds is 5. The van der Waals surface area contributed by atoms with Crippen molar-refractivity contribution in [1.29, 1.82) is 0 Å². The van der Waals surface area contributed by atoms with Crippen molar-refractivity contribution in [2.75, 3.05) is 31.6 Å². The van der Waals surface area contributed by atoms with Crippen molar-refractivity contribution in [1.82, 2.24) is 19.8 Å². The number of likely N-dealkylation sites (tertiary alicyclic amines) is 2. The molecule has 0 aromatic carbocycles. The van der Waals surface area contributed by atoms with Crippen molar-refractivity contribution >= 4 is 23.6 Å². The van der Waals surface area contributed by atoms with Gasteiger partial charge in [0, 0.05) is 44.4 Å². The molecule has 1 aromatic rings. The zero-order chi connectivity index (χ0) is 18.6. The number of carbonyl (C=O) groups is 2. The van der Waals surface area contributed by atoms with Crippen LogP contribution in [-0.4, -0.2) is 63.2 Å². The summed E-state index contributed by atoms with van der Waals surface area (Å²) in [7, 11) is 0. The Labute approximate surface area is 159 Å². The maximum absolute atomic E-state index is 12.4. The quantitative estimate of drug-likeness (QED) is 0.789. The molecule has 2 saturated heterocycles. The molecule has 0 unspecified atom stereocenters. The Morgan fingerprint density at radius 2 is 2.00 bits per heavy atom. The van der Waals surface area contributed by atoms with Crippen LogP contribution < -0.4 is 0 Å². The van der Waals surface area contributed by atoms with E-state index in [0.717, 1.165) is 56.0 Å². The second kappa shape index (κ2) is 8.37. The van der Waals surface area contributed by atoms with Crippen LogP contribution in [0.15, 0.2) is 12.4 Å². The van der Waals surface area contributed by atoms with E-state index in [9.17, 15) is 9.59 Å². The highest BCUT2D eigenvalue weighted by Crippen LogP contribution is 2.40. The number of thioether (sulfide) groups is 1. The van der Waals surface area contributed by atoms with E-state index >= 15 is 0 Å². The average molecular weight is 377 g/mol. The monoisotopic (exact) mass is 376 g/mol. The van der Waals surface area contributed by atoms with Crippen LogP contribution in [-0.2, 0) is 16.1 Å². The molecule has 3 heterocycles. The van der Waals surface area contributed by atoms with Gasteiger partial charge in [0.1, 0.15) is 0 Å². The van der Waals surface area contributed by atoms with Crippen molar-refractivity contribution in [3.05, 3.63) is 23.8 Å². The summed E-state index contributed by atoms with van der Waals surface area (Å²) in [6.07, 6.45) is 9.68. The first kappa shape index (κ1) is 19.1. The summed E-state index contributed by atoms with van der Waals surface area (Å²) < 4.78 is 0. The van der Waals surface area contributed by atoms with E-state index in [4.69, 9.17) is 0 Å². The molecule has 0 N–H and O–H groups in total. The summed E-state index contributed by atoms with van der Waals surface area (Å²) in [4.78, 5) is 37.3. The molecular formula is C19H28N4O2S. The van der Waals surface area contributed by atoms with Gasteiger partial charge in [-0.1, -0.05) is 0 Å². The molecule has 0 radical (unpaired) electrons. The van der Waals surface area contributed by atoms with Crippen molar-refractivity contribution in [2.24, 2.45) is 5.41 Å². The van der Waals surface area contributed by atoms with Crippen molar-refractivity contribution in [3.63, 3.8) is 0 Å². The fourth-order valence-corrected chi connectivity index (χ4v) is 4.31. The van der Waals surface area contributed by atoms with Gasteiger partial charge in [0.2, 0.25) is 11.8 Å². The van der Waals surface area contributed by atoms with Gasteiger partial charge in [-0.3, -0.25) is 19.6 Å². The topological polar surface area (TPSA) is 66.4 Å². The molecule has 6 nitrogen and oxygen atoms in total. The van der Waals surface area contributed by atoms with Gasteiger partial charge in [0.05, 0.1) is 24.1 Å². The number of aromatic nitrogens is 2. The number of piperidine rings is 2. The minimum Gasteiger partial charge on any atom is -0.343 e. The van der Waals surface area contributed by atoms with Gasteiger partial charge in [-0.05, 0) is 37.9 Å². The summed E-state index contributed by atoms with van der Waals surface area (Å²) in [5, 5.41) is 0. The highest BCUT2D eigenvalue weighted by molar-refractivity contribution is 7.98. The van der Waals surface area contributed by atoms with Crippen molar-refractivity contribution in [2.45, 2.75) is 45.6 Å². The van der Waals surface area contributed by atoms with Gasteiger partial charge >= 0.3 is 0 Å². The molecule has 2 aliphatic rings. The Kier molecular flexibility index (Phi) is 6.16. The summed E-state index contributed by atoms with van der Waals surface area (Å²) in [6, 6.07) is 0. The largest absolute Gasteiger partial charge is 0.343 e. The van der Waals surface area contributed by atoms with E-state index in [0.29, 0.717) is 19.4 Å². The minimum absolute atomic E-state index is 0.155. The minimum atomic E-state index is 0.155. The predicted octanol–water partition coefficient (Wildman–Crippen LogP) is 2.27. The van der Waals surface area contributed by atoms with E-state index in [1.807, 2.05) is 23.0 Å². The zero-order valence-corrected chi connectivity index (χ0v) is 16.6. The van der Waals surface area contributed by atoms with Crippen LogP contribution in [0, 0.1) is 12.3 Å². The highest BCUT2D eigenvalue weighted by atomic mass is 32.2. The summed E-state index contributed by atoms with van der Waals surface area (Å²) in [6.45, 7) is 4.85. The Morgan fingerprint density at radius 1 is 1.23 bits per heavy atom. The molecule has 3 rings (SSSR count). The van der Waals surface area contributed by atoms with Crippen LogP contribution in [0.25, 0.3) is 0 Å². The molecular weight excluding hydrogens is 348 g/mol. The van der Waals surface area contributed by atoms with Crippen molar-refractivity contribution in [3.8, 4) is 0 Å². The Hall–Kier alpha value is -1.63. The van der Waals surface area contributed by atoms with E-state index in [1.165, 1.54) is 0 Å². The molecule has 1 spiro atoms. The fourth-order valence-electron chi connectivity index (χ4n) is 3.93. The Morgan fingerprint density at radius 3 is 2.65 bits per heavy atom. The van der Waals surface area contributed by atoms with Crippen LogP contribution in [0.3, 0.4) is 0 Å².